The van der Waals surface area contributed by atoms with E-state index in [1.54, 1.807) is 6.20 Å². The molecule has 2 rings (SSSR count). The van der Waals surface area contributed by atoms with Crippen LogP contribution in [-0.2, 0) is 4.79 Å². The lowest BCUT2D eigenvalue weighted by atomic mass is 10.2. The van der Waals surface area contributed by atoms with Gasteiger partial charge in [-0.15, -0.1) is 24.8 Å². The number of nitrogens with one attached hydrogen (secondary N) is 1. The molecule has 0 spiro atoms. The molecule has 16 heavy (non-hydrogen) atoms. The minimum atomic E-state index is -0.0846. The highest BCUT2D eigenvalue weighted by atomic mass is 35.5. The Morgan fingerprint density at radius 3 is 2.88 bits per heavy atom. The van der Waals surface area contributed by atoms with Gasteiger partial charge in [0.25, 0.3) is 0 Å². The molecule has 0 bridgehead atoms. The molecule has 0 radical (unpaired) electrons. The van der Waals surface area contributed by atoms with Gasteiger partial charge in [0.15, 0.2) is 0 Å². The molecule has 6 heteroatoms. The molecule has 1 atom stereocenters. The van der Waals surface area contributed by atoms with Gasteiger partial charge >= 0.3 is 0 Å². The van der Waals surface area contributed by atoms with E-state index in [4.69, 9.17) is 0 Å². The quantitative estimate of drug-likeness (QED) is 0.806. The Labute approximate surface area is 107 Å². The lowest BCUT2D eigenvalue weighted by molar-refractivity contribution is -0.109. The molecule has 1 fully saturated rings. The third-order valence-corrected chi connectivity index (χ3v) is 2.38. The number of rotatable bonds is 2. The maximum absolute atomic E-state index is 10.8. The second kappa shape index (κ2) is 7.44. The van der Waals surface area contributed by atoms with Crippen LogP contribution in [0.1, 0.15) is 0 Å². The molecular weight excluding hydrogens is 249 g/mol. The third kappa shape index (κ3) is 3.33. The first kappa shape index (κ1) is 15.2. The van der Waals surface area contributed by atoms with Gasteiger partial charge in [-0.1, -0.05) is 6.07 Å². The van der Waals surface area contributed by atoms with Crippen molar-refractivity contribution in [2.24, 2.45) is 0 Å². The Balaban J connectivity index is 0.00000112. The Morgan fingerprint density at radius 1 is 1.44 bits per heavy atom. The number of carbonyl (C=O) groups excluding carboxylic acids is 1. The highest BCUT2D eigenvalue weighted by Crippen LogP contribution is 2.13. The largest absolute Gasteiger partial charge is 0.344 e. The summed E-state index contributed by atoms with van der Waals surface area (Å²) in [6, 6.07) is 5.66. The maximum Gasteiger partial charge on any atom is 0.143 e. The number of nitrogens with zero attached hydrogens (tertiary/aromatic N) is 2. The van der Waals surface area contributed by atoms with Gasteiger partial charge in [0.1, 0.15) is 12.1 Å². The van der Waals surface area contributed by atoms with E-state index >= 15 is 0 Å². The van der Waals surface area contributed by atoms with Gasteiger partial charge < -0.3 is 15.0 Å². The van der Waals surface area contributed by atoms with Crippen LogP contribution in [-0.4, -0.2) is 36.9 Å². The lowest BCUT2D eigenvalue weighted by Gasteiger charge is -2.33. The zero-order valence-corrected chi connectivity index (χ0v) is 10.3. The van der Waals surface area contributed by atoms with E-state index in [2.05, 4.69) is 10.3 Å². The molecule has 1 N–H and O–H groups in total. The van der Waals surface area contributed by atoms with Crippen molar-refractivity contribution in [3.8, 4) is 0 Å². The molecule has 4 nitrogen and oxygen atoms in total. The minimum absolute atomic E-state index is 0. The summed E-state index contributed by atoms with van der Waals surface area (Å²) in [7, 11) is 0. The first-order valence-electron chi connectivity index (χ1n) is 4.75. The summed E-state index contributed by atoms with van der Waals surface area (Å²) in [5.74, 6) is 0.881. The molecule has 0 saturated carbocycles. The van der Waals surface area contributed by atoms with Gasteiger partial charge in [0.05, 0.1) is 6.04 Å². The summed E-state index contributed by atoms with van der Waals surface area (Å²) in [4.78, 5) is 17.1. The van der Waals surface area contributed by atoms with E-state index in [0.29, 0.717) is 6.54 Å². The van der Waals surface area contributed by atoms with Crippen LogP contribution in [0.25, 0.3) is 0 Å². The minimum Gasteiger partial charge on any atom is -0.344 e. The van der Waals surface area contributed by atoms with Gasteiger partial charge in [-0.25, -0.2) is 4.98 Å². The molecule has 1 unspecified atom stereocenters. The van der Waals surface area contributed by atoms with Crippen molar-refractivity contribution in [2.75, 3.05) is 24.5 Å². The standard InChI is InChI=1S/C10H13N3O.2ClH/c14-8-9-7-11-5-6-13(9)10-3-1-2-4-12-10;;/h1-4,8-9,11H,5-7H2;2*1H. The summed E-state index contributed by atoms with van der Waals surface area (Å²) in [5, 5.41) is 3.18. The normalized spacial score (nSPS) is 19.2. The molecule has 0 amide bonds. The van der Waals surface area contributed by atoms with Crippen molar-refractivity contribution in [1.29, 1.82) is 0 Å². The Kier molecular flexibility index (Phi) is 7.05. The fourth-order valence-electron chi connectivity index (χ4n) is 1.66. The van der Waals surface area contributed by atoms with Crippen molar-refractivity contribution in [3.05, 3.63) is 24.4 Å². The number of aldehydes is 1. The second-order valence-electron chi connectivity index (χ2n) is 3.29. The molecule has 1 saturated heterocycles. The van der Waals surface area contributed by atoms with Gasteiger partial charge in [-0.05, 0) is 12.1 Å². The average molecular weight is 264 g/mol. The number of hydrogen-bond acceptors (Lipinski definition) is 4. The van der Waals surface area contributed by atoms with Gasteiger partial charge in [-0.2, -0.15) is 0 Å². The predicted molar refractivity (Wildman–Crippen MR) is 68.8 cm³/mol. The maximum atomic E-state index is 10.8. The van der Waals surface area contributed by atoms with Crippen LogP contribution in [0.4, 0.5) is 5.82 Å². The van der Waals surface area contributed by atoms with Crippen molar-refractivity contribution in [2.45, 2.75) is 6.04 Å². The van der Waals surface area contributed by atoms with E-state index < -0.39 is 0 Å². The number of hydrogen-bond donors (Lipinski definition) is 1. The van der Waals surface area contributed by atoms with Crippen LogP contribution >= 0.6 is 24.8 Å². The average Bonchev–Trinajstić information content (AvgIpc) is 2.30. The van der Waals surface area contributed by atoms with Crippen LogP contribution < -0.4 is 10.2 Å². The number of piperazine rings is 1. The molecule has 2 heterocycles. The second-order valence-corrected chi connectivity index (χ2v) is 3.29. The first-order valence-corrected chi connectivity index (χ1v) is 4.75. The molecule has 1 aliphatic rings. The zero-order chi connectivity index (χ0) is 9.80. The Bertz CT molecular complexity index is 310. The molecule has 90 valence electrons. The third-order valence-electron chi connectivity index (χ3n) is 2.38. The van der Waals surface area contributed by atoms with Crippen LogP contribution in [0, 0.1) is 0 Å². The molecule has 1 aromatic heterocycles. The van der Waals surface area contributed by atoms with E-state index in [0.717, 1.165) is 25.2 Å². The molecule has 0 aliphatic carbocycles. The number of pyridine rings is 1. The fourth-order valence-corrected chi connectivity index (χ4v) is 1.66. The monoisotopic (exact) mass is 263 g/mol. The molecule has 1 aromatic rings. The van der Waals surface area contributed by atoms with E-state index in [-0.39, 0.29) is 30.9 Å². The summed E-state index contributed by atoms with van der Waals surface area (Å²) < 4.78 is 0. The smallest absolute Gasteiger partial charge is 0.143 e. The van der Waals surface area contributed by atoms with E-state index in [1.165, 1.54) is 0 Å². The predicted octanol–water partition coefficient (Wildman–Crippen LogP) is 0.902. The number of carbonyl (C=O) groups is 1. The Hall–Kier alpha value is -0.840. The number of aromatic nitrogens is 1. The first-order chi connectivity index (χ1) is 6.92. The molecule has 1 aliphatic heterocycles. The topological polar surface area (TPSA) is 45.2 Å². The van der Waals surface area contributed by atoms with E-state index in [1.807, 2.05) is 23.1 Å². The number of halogens is 2. The fraction of sp³-hybridized carbons (Fsp3) is 0.400. The summed E-state index contributed by atoms with van der Waals surface area (Å²) in [5.41, 5.74) is 0. The van der Waals surface area contributed by atoms with Crippen molar-refractivity contribution in [1.82, 2.24) is 10.3 Å². The van der Waals surface area contributed by atoms with Gasteiger partial charge in [0, 0.05) is 25.8 Å². The van der Waals surface area contributed by atoms with Gasteiger partial charge in [0.2, 0.25) is 0 Å². The van der Waals surface area contributed by atoms with Crippen molar-refractivity contribution >= 4 is 36.9 Å². The van der Waals surface area contributed by atoms with E-state index in [9.17, 15) is 4.79 Å². The lowest BCUT2D eigenvalue weighted by Crippen LogP contribution is -2.52. The van der Waals surface area contributed by atoms with Gasteiger partial charge in [-0.3, -0.25) is 0 Å². The molecule has 0 aromatic carbocycles. The highest BCUT2D eigenvalue weighted by molar-refractivity contribution is 5.85. The zero-order valence-electron chi connectivity index (χ0n) is 8.70. The van der Waals surface area contributed by atoms with Crippen molar-refractivity contribution in [3.63, 3.8) is 0 Å². The van der Waals surface area contributed by atoms with Crippen LogP contribution in [0.15, 0.2) is 24.4 Å². The number of anilines is 1. The van der Waals surface area contributed by atoms with Crippen molar-refractivity contribution < 1.29 is 4.79 Å². The van der Waals surface area contributed by atoms with Crippen LogP contribution in [0.5, 0.6) is 0 Å². The SMILES string of the molecule is Cl.Cl.O=CC1CNCCN1c1ccccn1. The van der Waals surface area contributed by atoms with Crippen LogP contribution in [0.2, 0.25) is 0 Å². The summed E-state index contributed by atoms with van der Waals surface area (Å²) in [6.45, 7) is 2.45. The molecular formula is C10H15Cl2N3O. The Morgan fingerprint density at radius 2 is 2.25 bits per heavy atom. The van der Waals surface area contributed by atoms with Crippen LogP contribution in [0.3, 0.4) is 0 Å². The highest BCUT2D eigenvalue weighted by Gasteiger charge is 2.21. The summed E-state index contributed by atoms with van der Waals surface area (Å²) >= 11 is 0. The summed E-state index contributed by atoms with van der Waals surface area (Å²) in [6.07, 6.45) is 2.72.